The number of ether oxygens (including phenoxy) is 1. The number of halogens is 1. The molecule has 2 N–H and O–H groups in total. The standard InChI is InChI=1S/C16H14ClN5O2/c1-2-24-13(23)9-19-16-14(10-3-5-12(17)6-4-10)21-15-11(7-18)8-20-22(15)16/h3-6,8,19-20H,2,9H2,1H3. The highest BCUT2D eigenvalue weighted by atomic mass is 35.5. The topological polar surface area (TPSA) is 95.2 Å². The molecule has 3 rings (SSSR count). The highest BCUT2D eigenvalue weighted by Gasteiger charge is 2.18. The van der Waals surface area contributed by atoms with E-state index in [0.29, 0.717) is 34.4 Å². The number of nitrogens with zero attached hydrogens (tertiary/aromatic N) is 3. The lowest BCUT2D eigenvalue weighted by Gasteiger charge is -2.07. The number of imidazole rings is 1. The lowest BCUT2D eigenvalue weighted by molar-refractivity contribution is -0.140. The van der Waals surface area contributed by atoms with E-state index in [1.807, 2.05) is 12.1 Å². The monoisotopic (exact) mass is 343 g/mol. The van der Waals surface area contributed by atoms with Crippen LogP contribution in [0.2, 0.25) is 5.02 Å². The first-order valence-electron chi connectivity index (χ1n) is 7.29. The Hall–Kier alpha value is -2.98. The predicted molar refractivity (Wildman–Crippen MR) is 89.8 cm³/mol. The molecule has 0 saturated carbocycles. The number of H-pyrrole nitrogens is 1. The second kappa shape index (κ2) is 6.64. The Balaban J connectivity index is 2.04. The molecule has 0 bridgehead atoms. The Morgan fingerprint density at radius 3 is 2.88 bits per heavy atom. The van der Waals surface area contributed by atoms with Gasteiger partial charge in [0.15, 0.2) is 11.5 Å². The van der Waals surface area contributed by atoms with Gasteiger partial charge in [-0.1, -0.05) is 23.7 Å². The summed E-state index contributed by atoms with van der Waals surface area (Å²) >= 11 is 5.93. The van der Waals surface area contributed by atoms with Gasteiger partial charge in [-0.15, -0.1) is 0 Å². The number of aromatic amines is 1. The number of nitriles is 1. The maximum absolute atomic E-state index is 11.6. The van der Waals surface area contributed by atoms with Gasteiger partial charge in [-0.3, -0.25) is 9.89 Å². The quantitative estimate of drug-likeness (QED) is 0.694. The summed E-state index contributed by atoms with van der Waals surface area (Å²) in [6.45, 7) is 2.05. The minimum absolute atomic E-state index is 0.0108. The first-order valence-corrected chi connectivity index (χ1v) is 7.67. The van der Waals surface area contributed by atoms with Crippen molar-refractivity contribution in [3.8, 4) is 17.3 Å². The number of anilines is 1. The zero-order valence-electron chi connectivity index (χ0n) is 12.8. The molecule has 0 aliphatic rings. The van der Waals surface area contributed by atoms with Gasteiger partial charge in [-0.05, 0) is 19.1 Å². The molecule has 24 heavy (non-hydrogen) atoms. The molecular formula is C16H14ClN5O2. The fourth-order valence-corrected chi connectivity index (χ4v) is 2.47. The van der Waals surface area contributed by atoms with E-state index < -0.39 is 0 Å². The molecule has 3 aromatic rings. The Morgan fingerprint density at radius 2 is 2.21 bits per heavy atom. The summed E-state index contributed by atoms with van der Waals surface area (Å²) < 4.78 is 6.56. The van der Waals surface area contributed by atoms with E-state index in [0.717, 1.165) is 5.56 Å². The summed E-state index contributed by atoms with van der Waals surface area (Å²) in [7, 11) is 0. The Labute approximate surface area is 142 Å². The van der Waals surface area contributed by atoms with Gasteiger partial charge in [-0.2, -0.15) is 5.26 Å². The van der Waals surface area contributed by atoms with Gasteiger partial charge in [0.05, 0.1) is 6.61 Å². The normalized spacial score (nSPS) is 10.5. The summed E-state index contributed by atoms with van der Waals surface area (Å²) in [6.07, 6.45) is 1.56. The van der Waals surface area contributed by atoms with Gasteiger partial charge in [0.1, 0.15) is 23.9 Å². The first-order chi connectivity index (χ1) is 11.6. The van der Waals surface area contributed by atoms with Crippen molar-refractivity contribution in [1.82, 2.24) is 14.6 Å². The van der Waals surface area contributed by atoms with Crippen LogP contribution in [-0.4, -0.2) is 33.7 Å². The number of benzene rings is 1. The molecule has 8 heteroatoms. The first kappa shape index (κ1) is 15.9. The third kappa shape index (κ3) is 2.92. The minimum atomic E-state index is -0.374. The van der Waals surface area contributed by atoms with Crippen molar-refractivity contribution >= 4 is 29.0 Å². The minimum Gasteiger partial charge on any atom is -0.465 e. The summed E-state index contributed by atoms with van der Waals surface area (Å²) in [5.74, 6) is 0.198. The van der Waals surface area contributed by atoms with Crippen LogP contribution in [0.3, 0.4) is 0 Å². The van der Waals surface area contributed by atoms with Gasteiger partial charge in [0.2, 0.25) is 0 Å². The highest BCUT2D eigenvalue weighted by molar-refractivity contribution is 6.30. The largest absolute Gasteiger partial charge is 0.465 e. The third-order valence-corrected chi connectivity index (χ3v) is 3.65. The van der Waals surface area contributed by atoms with Crippen molar-refractivity contribution in [3.63, 3.8) is 0 Å². The molecule has 0 fully saturated rings. The molecule has 0 unspecified atom stereocenters. The summed E-state index contributed by atoms with van der Waals surface area (Å²) in [5, 5.41) is 15.8. The van der Waals surface area contributed by atoms with Crippen molar-refractivity contribution in [1.29, 1.82) is 5.26 Å². The van der Waals surface area contributed by atoms with Crippen LogP contribution in [0.15, 0.2) is 30.5 Å². The van der Waals surface area contributed by atoms with E-state index >= 15 is 0 Å². The van der Waals surface area contributed by atoms with Gasteiger partial charge in [0.25, 0.3) is 0 Å². The fourth-order valence-electron chi connectivity index (χ4n) is 2.34. The summed E-state index contributed by atoms with van der Waals surface area (Å²) in [6, 6.07) is 9.24. The van der Waals surface area contributed by atoms with E-state index in [9.17, 15) is 10.1 Å². The summed E-state index contributed by atoms with van der Waals surface area (Å²) in [5.41, 5.74) is 2.31. The van der Waals surface area contributed by atoms with E-state index in [-0.39, 0.29) is 12.5 Å². The average Bonchev–Trinajstić information content (AvgIpc) is 3.13. The maximum Gasteiger partial charge on any atom is 0.325 e. The van der Waals surface area contributed by atoms with Crippen molar-refractivity contribution in [2.75, 3.05) is 18.5 Å². The van der Waals surface area contributed by atoms with Gasteiger partial charge < -0.3 is 10.1 Å². The smallest absolute Gasteiger partial charge is 0.325 e. The van der Waals surface area contributed by atoms with Crippen molar-refractivity contribution < 1.29 is 9.53 Å². The zero-order valence-corrected chi connectivity index (χ0v) is 13.6. The van der Waals surface area contributed by atoms with Crippen LogP contribution >= 0.6 is 11.6 Å². The molecule has 0 aliphatic carbocycles. The SMILES string of the molecule is CCOC(=O)CNc1c(-c2ccc(Cl)cc2)nc2c(C#N)c[nH]n12. The van der Waals surface area contributed by atoms with Crippen LogP contribution < -0.4 is 5.32 Å². The number of esters is 1. The lowest BCUT2D eigenvalue weighted by atomic mass is 10.1. The molecule has 2 heterocycles. The molecule has 0 saturated heterocycles. The van der Waals surface area contributed by atoms with Crippen LogP contribution in [0.1, 0.15) is 12.5 Å². The van der Waals surface area contributed by atoms with Crippen LogP contribution in [0.25, 0.3) is 16.9 Å². The molecule has 0 amide bonds. The summed E-state index contributed by atoms with van der Waals surface area (Å²) in [4.78, 5) is 16.2. The van der Waals surface area contributed by atoms with E-state index in [1.54, 1.807) is 29.8 Å². The number of carbonyl (C=O) groups is 1. The molecular weight excluding hydrogens is 330 g/mol. The van der Waals surface area contributed by atoms with Gasteiger partial charge >= 0.3 is 5.97 Å². The fraction of sp³-hybridized carbons (Fsp3) is 0.188. The zero-order chi connectivity index (χ0) is 17.1. The number of nitrogens with one attached hydrogen (secondary N) is 2. The molecule has 2 aromatic heterocycles. The van der Waals surface area contributed by atoms with Crippen LogP contribution in [0, 0.1) is 11.3 Å². The molecule has 1 aromatic carbocycles. The lowest BCUT2D eigenvalue weighted by Crippen LogP contribution is -2.18. The number of aromatic nitrogens is 3. The van der Waals surface area contributed by atoms with E-state index in [4.69, 9.17) is 16.3 Å². The maximum atomic E-state index is 11.6. The third-order valence-electron chi connectivity index (χ3n) is 3.40. The molecule has 7 nitrogen and oxygen atoms in total. The van der Waals surface area contributed by atoms with Crippen molar-refractivity contribution in [2.45, 2.75) is 6.92 Å². The second-order valence-electron chi connectivity index (χ2n) is 4.93. The van der Waals surface area contributed by atoms with Gasteiger partial charge in [0, 0.05) is 16.8 Å². The van der Waals surface area contributed by atoms with Crippen LogP contribution in [-0.2, 0) is 9.53 Å². The Morgan fingerprint density at radius 1 is 1.46 bits per heavy atom. The number of carbonyl (C=O) groups excluding carboxylic acids is 1. The molecule has 0 aliphatic heterocycles. The second-order valence-corrected chi connectivity index (χ2v) is 5.37. The van der Waals surface area contributed by atoms with E-state index in [1.165, 1.54) is 0 Å². The van der Waals surface area contributed by atoms with Gasteiger partial charge in [-0.25, -0.2) is 9.50 Å². The number of hydrogen-bond acceptors (Lipinski definition) is 5. The number of rotatable bonds is 5. The Kier molecular flexibility index (Phi) is 4.40. The molecule has 0 spiro atoms. The van der Waals surface area contributed by atoms with E-state index in [2.05, 4.69) is 21.5 Å². The Bertz CT molecular complexity index is 920. The number of hydrogen-bond donors (Lipinski definition) is 2. The molecule has 0 radical (unpaired) electrons. The molecule has 122 valence electrons. The van der Waals surface area contributed by atoms with Crippen molar-refractivity contribution in [3.05, 3.63) is 41.0 Å². The molecule has 0 atom stereocenters. The predicted octanol–water partition coefficient (Wildman–Crippen LogP) is 2.83. The average molecular weight is 344 g/mol. The van der Waals surface area contributed by atoms with Crippen molar-refractivity contribution in [2.24, 2.45) is 0 Å². The number of fused-ring (bicyclic) bond motifs is 1. The van der Waals surface area contributed by atoms with Crippen LogP contribution in [0.5, 0.6) is 0 Å². The van der Waals surface area contributed by atoms with Crippen LogP contribution in [0.4, 0.5) is 5.82 Å². The highest BCUT2D eigenvalue weighted by Crippen LogP contribution is 2.30.